The summed E-state index contributed by atoms with van der Waals surface area (Å²) in [6.07, 6.45) is 1.54. The molecule has 124 valence electrons. The van der Waals surface area contributed by atoms with Gasteiger partial charge in [-0.15, -0.1) is 11.8 Å². The van der Waals surface area contributed by atoms with Crippen molar-refractivity contribution in [1.82, 2.24) is 0 Å². The number of benzene rings is 2. The van der Waals surface area contributed by atoms with Gasteiger partial charge in [-0.25, -0.2) is 4.39 Å². The number of nitrogens with one attached hydrogen (secondary N) is 1. The molecule has 2 aromatic carbocycles. The van der Waals surface area contributed by atoms with Crippen molar-refractivity contribution >= 4 is 34.3 Å². The van der Waals surface area contributed by atoms with Crippen LogP contribution in [0.2, 0.25) is 0 Å². The van der Waals surface area contributed by atoms with Gasteiger partial charge >= 0.3 is 0 Å². The van der Waals surface area contributed by atoms with Crippen LogP contribution in [-0.2, 0) is 4.79 Å². The number of fused-ring (bicyclic) bond motifs is 1. The topological polar surface area (TPSA) is 62.5 Å². The minimum absolute atomic E-state index is 0.101. The average Bonchev–Trinajstić information content (AvgIpc) is 3.03. The van der Waals surface area contributed by atoms with E-state index >= 15 is 0 Å². The first kappa shape index (κ1) is 16.5. The Labute approximate surface area is 142 Å². The molecule has 6 heteroatoms. The summed E-state index contributed by atoms with van der Waals surface area (Å²) in [5, 5.41) is 13.9. The highest BCUT2D eigenvalue weighted by atomic mass is 32.2. The molecular weight excluding hydrogens is 329 g/mol. The molecule has 3 rings (SSSR count). The standard InChI is InChI=1S/C18H16FNO3S/c1-18(22,11-24-13-5-2-4-12(19)10-13)17(21)20-15-6-3-7-16-14(15)8-9-23-16/h2-10,22H,11H2,1H3,(H,20,21). The van der Waals surface area contributed by atoms with Crippen LogP contribution >= 0.6 is 11.8 Å². The van der Waals surface area contributed by atoms with Crippen molar-refractivity contribution in [2.45, 2.75) is 17.4 Å². The van der Waals surface area contributed by atoms with E-state index < -0.39 is 11.5 Å². The van der Waals surface area contributed by atoms with Crippen LogP contribution in [0, 0.1) is 5.82 Å². The van der Waals surface area contributed by atoms with Gasteiger partial charge in [0.15, 0.2) is 0 Å². The third kappa shape index (κ3) is 3.60. The smallest absolute Gasteiger partial charge is 0.256 e. The average molecular weight is 345 g/mol. The van der Waals surface area contributed by atoms with Crippen LogP contribution in [-0.4, -0.2) is 22.4 Å². The molecule has 24 heavy (non-hydrogen) atoms. The fourth-order valence-electron chi connectivity index (χ4n) is 2.21. The highest BCUT2D eigenvalue weighted by molar-refractivity contribution is 7.99. The van der Waals surface area contributed by atoms with Crippen molar-refractivity contribution in [1.29, 1.82) is 0 Å². The first-order valence-electron chi connectivity index (χ1n) is 7.34. The van der Waals surface area contributed by atoms with Crippen LogP contribution in [0.1, 0.15) is 6.92 Å². The Kier molecular flexibility index (Phi) is 4.59. The van der Waals surface area contributed by atoms with Crippen molar-refractivity contribution < 1.29 is 18.7 Å². The molecule has 0 aliphatic heterocycles. The van der Waals surface area contributed by atoms with Crippen LogP contribution in [0.25, 0.3) is 11.0 Å². The van der Waals surface area contributed by atoms with Crippen LogP contribution in [0.15, 0.2) is 64.1 Å². The maximum absolute atomic E-state index is 13.2. The molecule has 0 radical (unpaired) electrons. The van der Waals surface area contributed by atoms with Gasteiger partial charge in [0.25, 0.3) is 5.91 Å². The molecule has 4 nitrogen and oxygen atoms in total. The van der Waals surface area contributed by atoms with E-state index in [9.17, 15) is 14.3 Å². The number of hydrogen-bond acceptors (Lipinski definition) is 4. The molecule has 0 spiro atoms. The molecule has 0 saturated heterocycles. The Morgan fingerprint density at radius 2 is 2.08 bits per heavy atom. The van der Waals surface area contributed by atoms with E-state index in [-0.39, 0.29) is 11.6 Å². The zero-order valence-corrected chi connectivity index (χ0v) is 13.8. The van der Waals surface area contributed by atoms with Gasteiger partial charge in [-0.3, -0.25) is 4.79 Å². The number of anilines is 1. The van der Waals surface area contributed by atoms with Crippen molar-refractivity contribution in [2.24, 2.45) is 0 Å². The summed E-state index contributed by atoms with van der Waals surface area (Å²) in [5.74, 6) is -0.778. The summed E-state index contributed by atoms with van der Waals surface area (Å²) in [5.41, 5.74) is -0.382. The van der Waals surface area contributed by atoms with Gasteiger partial charge in [-0.05, 0) is 43.3 Å². The Morgan fingerprint density at radius 1 is 1.29 bits per heavy atom. The molecule has 0 fully saturated rings. The molecule has 2 N–H and O–H groups in total. The number of aliphatic hydroxyl groups is 1. The number of carbonyl (C=O) groups is 1. The lowest BCUT2D eigenvalue weighted by molar-refractivity contribution is -0.130. The van der Waals surface area contributed by atoms with Crippen molar-refractivity contribution in [3.63, 3.8) is 0 Å². The van der Waals surface area contributed by atoms with Gasteiger partial charge in [0.1, 0.15) is 17.0 Å². The third-order valence-electron chi connectivity index (χ3n) is 3.55. The maximum Gasteiger partial charge on any atom is 0.256 e. The van der Waals surface area contributed by atoms with E-state index in [4.69, 9.17) is 4.42 Å². The van der Waals surface area contributed by atoms with Crippen LogP contribution < -0.4 is 5.32 Å². The first-order chi connectivity index (χ1) is 11.5. The fraction of sp³-hybridized carbons (Fsp3) is 0.167. The van der Waals surface area contributed by atoms with Crippen LogP contribution in [0.5, 0.6) is 0 Å². The normalized spacial score (nSPS) is 13.6. The number of halogens is 1. The van der Waals surface area contributed by atoms with Gasteiger partial charge in [-0.1, -0.05) is 12.1 Å². The second-order valence-electron chi connectivity index (χ2n) is 5.61. The predicted molar refractivity (Wildman–Crippen MR) is 92.6 cm³/mol. The number of thioether (sulfide) groups is 1. The molecule has 1 atom stereocenters. The highest BCUT2D eigenvalue weighted by Crippen LogP contribution is 2.27. The lowest BCUT2D eigenvalue weighted by atomic mass is 10.1. The summed E-state index contributed by atoms with van der Waals surface area (Å²) in [4.78, 5) is 13.1. The van der Waals surface area contributed by atoms with Crippen molar-refractivity contribution in [2.75, 3.05) is 11.1 Å². The highest BCUT2D eigenvalue weighted by Gasteiger charge is 2.31. The zero-order chi connectivity index (χ0) is 17.2. The molecule has 1 unspecified atom stereocenters. The molecule has 1 amide bonds. The van der Waals surface area contributed by atoms with E-state index in [0.717, 1.165) is 5.39 Å². The minimum Gasteiger partial charge on any atom is -0.464 e. The molecule has 1 heterocycles. The zero-order valence-electron chi connectivity index (χ0n) is 13.0. The van der Waals surface area contributed by atoms with E-state index in [0.29, 0.717) is 16.2 Å². The Bertz CT molecular complexity index is 875. The first-order valence-corrected chi connectivity index (χ1v) is 8.33. The molecule has 0 aliphatic rings. The molecule has 0 aliphatic carbocycles. The number of carbonyl (C=O) groups excluding carboxylic acids is 1. The number of hydrogen-bond donors (Lipinski definition) is 2. The van der Waals surface area contributed by atoms with E-state index in [2.05, 4.69) is 5.32 Å². The number of rotatable bonds is 5. The quantitative estimate of drug-likeness (QED) is 0.685. The molecule has 0 saturated carbocycles. The van der Waals surface area contributed by atoms with Gasteiger partial charge in [-0.2, -0.15) is 0 Å². The van der Waals surface area contributed by atoms with E-state index in [1.807, 2.05) is 0 Å². The lowest BCUT2D eigenvalue weighted by Gasteiger charge is -2.22. The molecule has 1 aromatic heterocycles. The summed E-state index contributed by atoms with van der Waals surface area (Å²) in [6, 6.07) is 13.1. The maximum atomic E-state index is 13.2. The monoisotopic (exact) mass is 345 g/mol. The van der Waals surface area contributed by atoms with Gasteiger partial charge in [0.05, 0.1) is 12.0 Å². The van der Waals surface area contributed by atoms with Gasteiger partial charge in [0.2, 0.25) is 0 Å². The SMILES string of the molecule is CC(O)(CSc1cccc(F)c1)C(=O)Nc1cccc2occc12. The summed E-state index contributed by atoms with van der Waals surface area (Å²) < 4.78 is 18.5. The predicted octanol–water partition coefficient (Wildman–Crippen LogP) is 4.05. The van der Waals surface area contributed by atoms with Crippen molar-refractivity contribution in [3.05, 3.63) is 60.6 Å². The Balaban J connectivity index is 1.70. The Morgan fingerprint density at radius 3 is 2.88 bits per heavy atom. The summed E-state index contributed by atoms with van der Waals surface area (Å²) in [6.45, 7) is 1.43. The second kappa shape index (κ2) is 6.67. The van der Waals surface area contributed by atoms with E-state index in [1.54, 1.807) is 36.4 Å². The molecule has 3 aromatic rings. The van der Waals surface area contributed by atoms with Crippen LogP contribution in [0.3, 0.4) is 0 Å². The summed E-state index contributed by atoms with van der Waals surface area (Å²) >= 11 is 1.22. The fourth-order valence-corrected chi connectivity index (χ4v) is 3.16. The van der Waals surface area contributed by atoms with Crippen molar-refractivity contribution in [3.8, 4) is 0 Å². The Hall–Kier alpha value is -2.31. The summed E-state index contributed by atoms with van der Waals surface area (Å²) in [7, 11) is 0. The lowest BCUT2D eigenvalue weighted by Crippen LogP contribution is -2.42. The van der Waals surface area contributed by atoms with Gasteiger partial charge < -0.3 is 14.8 Å². The van der Waals surface area contributed by atoms with Crippen LogP contribution in [0.4, 0.5) is 10.1 Å². The molecule has 0 bridgehead atoms. The molecular formula is C18H16FNO3S. The second-order valence-corrected chi connectivity index (χ2v) is 6.66. The minimum atomic E-state index is -1.61. The van der Waals surface area contributed by atoms with E-state index in [1.165, 1.54) is 37.1 Å². The third-order valence-corrected chi connectivity index (χ3v) is 4.84. The van der Waals surface area contributed by atoms with Gasteiger partial charge in [0, 0.05) is 16.0 Å². The number of furan rings is 1. The largest absolute Gasteiger partial charge is 0.464 e. The number of amides is 1.